The van der Waals surface area contributed by atoms with Gasteiger partial charge in [-0.1, -0.05) is 17.7 Å². The van der Waals surface area contributed by atoms with Gasteiger partial charge in [0.2, 0.25) is 0 Å². The van der Waals surface area contributed by atoms with E-state index in [1.165, 1.54) is 12.1 Å². The quantitative estimate of drug-likeness (QED) is 0.923. The van der Waals surface area contributed by atoms with Gasteiger partial charge in [-0.25, -0.2) is 4.39 Å². The first-order chi connectivity index (χ1) is 9.54. The van der Waals surface area contributed by atoms with Crippen LogP contribution in [0.15, 0.2) is 24.4 Å². The minimum atomic E-state index is -0.456. The van der Waals surface area contributed by atoms with Crippen molar-refractivity contribution in [3.63, 3.8) is 0 Å². The monoisotopic (exact) mass is 297 g/mol. The third kappa shape index (κ3) is 3.00. The van der Waals surface area contributed by atoms with Gasteiger partial charge >= 0.3 is 0 Å². The fraction of sp³-hybridized carbons (Fsp3) is 0.357. The highest BCUT2D eigenvalue weighted by atomic mass is 35.5. The second-order valence-corrected chi connectivity index (χ2v) is 4.98. The summed E-state index contributed by atoms with van der Waals surface area (Å²) < 4.78 is 19.9. The molecule has 4 nitrogen and oxygen atoms in total. The van der Waals surface area contributed by atoms with E-state index >= 15 is 0 Å². The van der Waals surface area contributed by atoms with Crippen molar-refractivity contribution in [2.24, 2.45) is 5.73 Å². The lowest BCUT2D eigenvalue weighted by molar-refractivity contribution is 0.182. The molecule has 0 radical (unpaired) electrons. The minimum absolute atomic E-state index is 0.280. The predicted octanol–water partition coefficient (Wildman–Crippen LogP) is 2.68. The van der Waals surface area contributed by atoms with Gasteiger partial charge in [0.05, 0.1) is 36.1 Å². The van der Waals surface area contributed by atoms with Crippen LogP contribution in [-0.2, 0) is 11.3 Å². The number of methoxy groups -OCH3 is 1. The molecule has 0 saturated heterocycles. The molecule has 0 bridgehead atoms. The molecule has 2 N–H and O–H groups in total. The van der Waals surface area contributed by atoms with E-state index < -0.39 is 6.04 Å². The Morgan fingerprint density at radius 3 is 2.90 bits per heavy atom. The lowest BCUT2D eigenvalue weighted by Gasteiger charge is -2.17. The van der Waals surface area contributed by atoms with Gasteiger partial charge in [0, 0.05) is 7.11 Å². The molecule has 1 atom stereocenters. The molecule has 0 saturated carbocycles. The van der Waals surface area contributed by atoms with Crippen LogP contribution in [0.1, 0.15) is 22.9 Å². The van der Waals surface area contributed by atoms with Gasteiger partial charge in [-0.05, 0) is 30.2 Å². The standard InChI is InChI=1S/C14H17ClFN3O/c1-9-7-10(16)3-4-11(9)13(17)14-12(15)8-18-19(14)5-6-20-2/h3-4,7-8,13H,5-6,17H2,1-2H3. The number of ether oxygens (including phenoxy) is 1. The zero-order valence-corrected chi connectivity index (χ0v) is 12.2. The van der Waals surface area contributed by atoms with E-state index in [1.807, 2.05) is 6.92 Å². The maximum absolute atomic E-state index is 13.2. The molecule has 2 aromatic rings. The van der Waals surface area contributed by atoms with Crippen molar-refractivity contribution in [2.45, 2.75) is 19.5 Å². The first-order valence-corrected chi connectivity index (χ1v) is 6.64. The number of nitrogens with two attached hydrogens (primary N) is 1. The lowest BCUT2D eigenvalue weighted by atomic mass is 9.99. The van der Waals surface area contributed by atoms with Crippen LogP contribution < -0.4 is 5.73 Å². The van der Waals surface area contributed by atoms with Crippen LogP contribution in [0.25, 0.3) is 0 Å². The average molecular weight is 298 g/mol. The number of hydrogen-bond donors (Lipinski definition) is 1. The lowest BCUT2D eigenvalue weighted by Crippen LogP contribution is -2.20. The first kappa shape index (κ1) is 15.0. The second kappa shape index (κ2) is 6.35. The van der Waals surface area contributed by atoms with Crippen LogP contribution in [0.3, 0.4) is 0 Å². The molecule has 0 aliphatic carbocycles. The summed E-state index contributed by atoms with van der Waals surface area (Å²) in [6.45, 7) is 2.90. The number of rotatable bonds is 5. The zero-order chi connectivity index (χ0) is 14.7. The zero-order valence-electron chi connectivity index (χ0n) is 11.4. The molecule has 0 spiro atoms. The van der Waals surface area contributed by atoms with Gasteiger partial charge < -0.3 is 10.5 Å². The van der Waals surface area contributed by atoms with Gasteiger partial charge in [0.15, 0.2) is 0 Å². The van der Waals surface area contributed by atoms with Gasteiger partial charge in [0.25, 0.3) is 0 Å². The van der Waals surface area contributed by atoms with E-state index in [4.69, 9.17) is 22.1 Å². The fourth-order valence-corrected chi connectivity index (χ4v) is 2.43. The Morgan fingerprint density at radius 1 is 1.50 bits per heavy atom. The topological polar surface area (TPSA) is 53.1 Å². The van der Waals surface area contributed by atoms with E-state index in [2.05, 4.69) is 5.10 Å². The Kier molecular flexibility index (Phi) is 4.75. The summed E-state index contributed by atoms with van der Waals surface area (Å²) in [5, 5.41) is 4.70. The van der Waals surface area contributed by atoms with E-state index in [1.54, 1.807) is 24.1 Å². The van der Waals surface area contributed by atoms with E-state index in [0.29, 0.717) is 23.9 Å². The molecule has 0 fully saturated rings. The number of aryl methyl sites for hydroxylation is 1. The molecule has 108 valence electrons. The highest BCUT2D eigenvalue weighted by Crippen LogP contribution is 2.28. The number of benzene rings is 1. The maximum Gasteiger partial charge on any atom is 0.123 e. The van der Waals surface area contributed by atoms with Gasteiger partial charge in [-0.3, -0.25) is 4.68 Å². The van der Waals surface area contributed by atoms with Gasteiger partial charge in [0.1, 0.15) is 5.82 Å². The summed E-state index contributed by atoms with van der Waals surface area (Å²) in [4.78, 5) is 0. The first-order valence-electron chi connectivity index (χ1n) is 6.26. The van der Waals surface area contributed by atoms with Gasteiger partial charge in [-0.15, -0.1) is 0 Å². The largest absolute Gasteiger partial charge is 0.383 e. The number of hydrogen-bond acceptors (Lipinski definition) is 3. The molecular weight excluding hydrogens is 281 g/mol. The molecular formula is C14H17ClFN3O. The number of aromatic nitrogens is 2. The molecule has 6 heteroatoms. The Balaban J connectivity index is 2.37. The van der Waals surface area contributed by atoms with E-state index in [-0.39, 0.29) is 5.82 Å². The summed E-state index contributed by atoms with van der Waals surface area (Å²) in [7, 11) is 1.62. The van der Waals surface area contributed by atoms with Crippen molar-refractivity contribution in [3.8, 4) is 0 Å². The highest BCUT2D eigenvalue weighted by molar-refractivity contribution is 6.31. The molecule has 0 amide bonds. The Labute approximate surface area is 122 Å². The smallest absolute Gasteiger partial charge is 0.123 e. The third-order valence-electron chi connectivity index (χ3n) is 3.20. The molecule has 1 aromatic carbocycles. The summed E-state index contributed by atoms with van der Waals surface area (Å²) >= 11 is 6.17. The SMILES string of the molecule is COCCn1ncc(Cl)c1C(N)c1ccc(F)cc1C. The van der Waals surface area contributed by atoms with Crippen molar-refractivity contribution < 1.29 is 9.13 Å². The Bertz CT molecular complexity index is 600. The van der Waals surface area contributed by atoms with E-state index in [9.17, 15) is 4.39 Å². The fourth-order valence-electron chi connectivity index (χ4n) is 2.17. The molecule has 2 rings (SSSR count). The van der Waals surface area contributed by atoms with Crippen molar-refractivity contribution >= 4 is 11.6 Å². The number of halogens is 2. The van der Waals surface area contributed by atoms with Crippen LogP contribution >= 0.6 is 11.6 Å². The normalized spacial score (nSPS) is 12.7. The van der Waals surface area contributed by atoms with Gasteiger partial charge in [-0.2, -0.15) is 5.10 Å². The van der Waals surface area contributed by atoms with Crippen LogP contribution in [0.4, 0.5) is 4.39 Å². The Morgan fingerprint density at radius 2 is 2.25 bits per heavy atom. The average Bonchev–Trinajstić information content (AvgIpc) is 2.77. The summed E-state index contributed by atoms with van der Waals surface area (Å²) in [5.41, 5.74) is 8.59. The van der Waals surface area contributed by atoms with Crippen molar-refractivity contribution in [2.75, 3.05) is 13.7 Å². The highest BCUT2D eigenvalue weighted by Gasteiger charge is 2.20. The van der Waals surface area contributed by atoms with Crippen LogP contribution in [0.5, 0.6) is 0 Å². The summed E-state index contributed by atoms with van der Waals surface area (Å²) in [6.07, 6.45) is 1.56. The molecule has 20 heavy (non-hydrogen) atoms. The van der Waals surface area contributed by atoms with Crippen LogP contribution in [0, 0.1) is 12.7 Å². The summed E-state index contributed by atoms with van der Waals surface area (Å²) in [5.74, 6) is -0.280. The van der Waals surface area contributed by atoms with Crippen LogP contribution in [0.2, 0.25) is 5.02 Å². The van der Waals surface area contributed by atoms with Crippen LogP contribution in [-0.4, -0.2) is 23.5 Å². The molecule has 1 unspecified atom stereocenters. The molecule has 0 aliphatic heterocycles. The summed E-state index contributed by atoms with van der Waals surface area (Å²) in [6, 6.07) is 4.08. The number of nitrogens with zero attached hydrogens (tertiary/aromatic N) is 2. The molecule has 1 heterocycles. The van der Waals surface area contributed by atoms with Crippen molar-refractivity contribution in [1.29, 1.82) is 0 Å². The second-order valence-electron chi connectivity index (χ2n) is 4.57. The minimum Gasteiger partial charge on any atom is -0.383 e. The van der Waals surface area contributed by atoms with Crippen molar-refractivity contribution in [1.82, 2.24) is 9.78 Å². The predicted molar refractivity (Wildman–Crippen MR) is 76.3 cm³/mol. The molecule has 1 aromatic heterocycles. The third-order valence-corrected chi connectivity index (χ3v) is 3.49. The Hall–Kier alpha value is -1.43. The molecule has 0 aliphatic rings. The van der Waals surface area contributed by atoms with Crippen molar-refractivity contribution in [3.05, 3.63) is 52.1 Å². The van der Waals surface area contributed by atoms with E-state index in [0.717, 1.165) is 11.1 Å². The maximum atomic E-state index is 13.2.